The lowest BCUT2D eigenvalue weighted by molar-refractivity contribution is -0.392. The molecule has 0 spiro atoms. The van der Waals surface area contributed by atoms with Gasteiger partial charge in [0.05, 0.1) is 6.61 Å². The Bertz CT molecular complexity index is 777. The maximum atomic E-state index is 11.3. The van der Waals surface area contributed by atoms with E-state index in [1.807, 2.05) is 36.4 Å². The Morgan fingerprint density at radius 3 is 2.46 bits per heavy atom. The molecule has 140 valence electrons. The zero-order chi connectivity index (χ0) is 19.4. The molecule has 1 aromatic heterocycles. The van der Waals surface area contributed by atoms with E-state index in [2.05, 4.69) is 38.8 Å². The summed E-state index contributed by atoms with van der Waals surface area (Å²) in [6.07, 6.45) is 5.00. The predicted molar refractivity (Wildman–Crippen MR) is 107 cm³/mol. The molecule has 1 heterocycles. The Hall–Kier alpha value is -2.25. The summed E-state index contributed by atoms with van der Waals surface area (Å²) >= 11 is 0. The van der Waals surface area contributed by atoms with Crippen molar-refractivity contribution in [2.75, 3.05) is 6.61 Å². The molecule has 0 radical (unpaired) electrons. The van der Waals surface area contributed by atoms with Gasteiger partial charge in [-0.2, -0.15) is 0 Å². The van der Waals surface area contributed by atoms with Gasteiger partial charge in [-0.15, -0.1) is 0 Å². The van der Waals surface area contributed by atoms with Crippen LogP contribution in [0.1, 0.15) is 32.2 Å². The number of hydrogen-bond acceptors (Lipinski definition) is 4. The molecule has 2 aromatic rings. The van der Waals surface area contributed by atoms with Crippen molar-refractivity contribution in [2.45, 2.75) is 45.4 Å². The molecule has 0 N–H and O–H groups in total. The number of aromatic nitrogens is 2. The second-order valence-electron chi connectivity index (χ2n) is 7.74. The summed E-state index contributed by atoms with van der Waals surface area (Å²) in [7, 11) is -1.89. The highest BCUT2D eigenvalue weighted by atomic mass is 28.4. The van der Waals surface area contributed by atoms with Gasteiger partial charge in [0.1, 0.15) is 12.7 Å². The summed E-state index contributed by atoms with van der Waals surface area (Å²) in [6.45, 7) is 11.7. The molecule has 0 aliphatic carbocycles. The minimum absolute atomic E-state index is 0.0171. The van der Waals surface area contributed by atoms with E-state index < -0.39 is 13.2 Å². The van der Waals surface area contributed by atoms with Crippen LogP contribution < -0.4 is 0 Å². The molecule has 0 saturated heterocycles. The second-order valence-corrected chi connectivity index (χ2v) is 12.5. The van der Waals surface area contributed by atoms with E-state index in [1.165, 1.54) is 6.20 Å². The molecule has 0 aliphatic rings. The second kappa shape index (κ2) is 7.97. The van der Waals surface area contributed by atoms with Crippen LogP contribution in [-0.2, 0) is 11.0 Å². The Morgan fingerprint density at radius 1 is 1.23 bits per heavy atom. The molecule has 0 fully saturated rings. The quantitative estimate of drug-likeness (QED) is 0.390. The molecule has 2 rings (SSSR count). The highest BCUT2D eigenvalue weighted by Crippen LogP contribution is 2.36. The maximum Gasteiger partial charge on any atom is 0.343 e. The van der Waals surface area contributed by atoms with Crippen LogP contribution in [0.2, 0.25) is 18.1 Å². The van der Waals surface area contributed by atoms with Gasteiger partial charge < -0.3 is 14.5 Å². The average molecular weight is 374 g/mol. The molecule has 7 heteroatoms. The average Bonchev–Trinajstić information content (AvgIpc) is 2.96. The van der Waals surface area contributed by atoms with Gasteiger partial charge in [0.25, 0.3) is 0 Å². The van der Waals surface area contributed by atoms with Crippen molar-refractivity contribution >= 4 is 26.3 Å². The van der Waals surface area contributed by atoms with E-state index in [1.54, 1.807) is 10.6 Å². The van der Waals surface area contributed by atoms with Crippen molar-refractivity contribution in [1.82, 2.24) is 9.55 Å². The minimum atomic E-state index is -1.89. The summed E-state index contributed by atoms with van der Waals surface area (Å²) in [4.78, 5) is 15.1. The Morgan fingerprint density at radius 2 is 1.88 bits per heavy atom. The third-order valence-electron chi connectivity index (χ3n) is 4.86. The molecule has 6 nitrogen and oxygen atoms in total. The lowest BCUT2D eigenvalue weighted by Crippen LogP contribution is -2.41. The Kier molecular flexibility index (Phi) is 6.15. The van der Waals surface area contributed by atoms with Gasteiger partial charge in [-0.1, -0.05) is 51.1 Å². The summed E-state index contributed by atoms with van der Waals surface area (Å²) in [6, 6.07) is 9.78. The lowest BCUT2D eigenvalue weighted by Gasteiger charge is -2.35. The van der Waals surface area contributed by atoms with E-state index >= 15 is 0 Å². The summed E-state index contributed by atoms with van der Waals surface area (Å²) < 4.78 is 7.77. The molecule has 0 bridgehead atoms. The van der Waals surface area contributed by atoms with Crippen molar-refractivity contribution < 1.29 is 9.35 Å². The summed E-state index contributed by atoms with van der Waals surface area (Å²) in [5.41, 5.74) is 1.02. The number of benzene rings is 1. The standard InChI is InChI=1S/C19H27N3O3Si/c1-19(2,3)26(4,5)25-14-13-21-17(20-15-18(21)22(23)24)12-11-16-9-7-6-8-10-16/h6-12,15H,13-14H2,1-5H3. The first-order valence-corrected chi connectivity index (χ1v) is 11.6. The largest absolute Gasteiger partial charge is 0.413 e. The predicted octanol–water partition coefficient (Wildman–Crippen LogP) is 4.98. The molecule has 0 amide bonds. The van der Waals surface area contributed by atoms with Gasteiger partial charge in [-0.3, -0.25) is 0 Å². The molecule has 0 saturated carbocycles. The molecular formula is C19H27N3O3Si. The van der Waals surface area contributed by atoms with Gasteiger partial charge in [0, 0.05) is 6.08 Å². The number of hydrogen-bond donors (Lipinski definition) is 0. The van der Waals surface area contributed by atoms with Crippen molar-refractivity contribution in [3.63, 3.8) is 0 Å². The van der Waals surface area contributed by atoms with Crippen LogP contribution in [0.25, 0.3) is 12.2 Å². The van der Waals surface area contributed by atoms with Gasteiger partial charge in [-0.05, 0) is 34.7 Å². The van der Waals surface area contributed by atoms with Gasteiger partial charge in [0.2, 0.25) is 5.82 Å². The van der Waals surface area contributed by atoms with Crippen molar-refractivity contribution in [2.24, 2.45) is 0 Å². The van der Waals surface area contributed by atoms with E-state index in [4.69, 9.17) is 4.43 Å². The van der Waals surface area contributed by atoms with Crippen LogP contribution in [0, 0.1) is 10.1 Å². The molecular weight excluding hydrogens is 346 g/mol. The van der Waals surface area contributed by atoms with Gasteiger partial charge >= 0.3 is 5.82 Å². The third kappa shape index (κ3) is 4.89. The van der Waals surface area contributed by atoms with E-state index in [9.17, 15) is 10.1 Å². The summed E-state index contributed by atoms with van der Waals surface area (Å²) in [5, 5.41) is 11.4. The number of nitro groups is 1. The van der Waals surface area contributed by atoms with Gasteiger partial charge in [0.15, 0.2) is 8.32 Å². The molecule has 1 aromatic carbocycles. The van der Waals surface area contributed by atoms with E-state index in [0.29, 0.717) is 19.0 Å². The lowest BCUT2D eigenvalue weighted by atomic mass is 10.2. The Balaban J connectivity index is 2.17. The van der Waals surface area contributed by atoms with Crippen LogP contribution in [0.3, 0.4) is 0 Å². The fourth-order valence-corrected chi connectivity index (χ4v) is 3.27. The van der Waals surface area contributed by atoms with E-state index in [-0.39, 0.29) is 10.9 Å². The monoisotopic (exact) mass is 373 g/mol. The van der Waals surface area contributed by atoms with Crippen molar-refractivity contribution in [1.29, 1.82) is 0 Å². The molecule has 0 aliphatic heterocycles. The van der Waals surface area contributed by atoms with Crippen LogP contribution in [0.4, 0.5) is 5.82 Å². The number of rotatable bonds is 7. The molecule has 0 unspecified atom stereocenters. The molecule has 26 heavy (non-hydrogen) atoms. The third-order valence-corrected chi connectivity index (χ3v) is 9.40. The topological polar surface area (TPSA) is 70.2 Å². The zero-order valence-corrected chi connectivity index (χ0v) is 17.1. The highest BCUT2D eigenvalue weighted by Gasteiger charge is 2.37. The van der Waals surface area contributed by atoms with Crippen molar-refractivity contribution in [3.05, 3.63) is 58.0 Å². The zero-order valence-electron chi connectivity index (χ0n) is 16.1. The highest BCUT2D eigenvalue weighted by molar-refractivity contribution is 6.74. The normalized spacial score (nSPS) is 12.7. The number of imidazole rings is 1. The van der Waals surface area contributed by atoms with E-state index in [0.717, 1.165) is 5.56 Å². The maximum absolute atomic E-state index is 11.3. The minimum Gasteiger partial charge on any atom is -0.413 e. The van der Waals surface area contributed by atoms with Crippen molar-refractivity contribution in [3.8, 4) is 0 Å². The SMILES string of the molecule is CC(C)(C)[Si](C)(C)OCCn1c([N+](=O)[O-])cnc1C=Cc1ccccc1. The first-order valence-electron chi connectivity index (χ1n) is 8.69. The van der Waals surface area contributed by atoms with Crippen LogP contribution >= 0.6 is 0 Å². The van der Waals surface area contributed by atoms with Crippen LogP contribution in [0.5, 0.6) is 0 Å². The van der Waals surface area contributed by atoms with Crippen LogP contribution in [-0.4, -0.2) is 29.4 Å². The first kappa shape index (κ1) is 20.1. The molecule has 0 atom stereocenters. The van der Waals surface area contributed by atoms with Gasteiger partial charge in [-0.25, -0.2) is 9.55 Å². The van der Waals surface area contributed by atoms with Crippen LogP contribution in [0.15, 0.2) is 36.5 Å². The Labute approximate surface area is 155 Å². The fourth-order valence-electron chi connectivity index (χ4n) is 2.23. The first-order chi connectivity index (χ1) is 12.1. The fraction of sp³-hybridized carbons (Fsp3) is 0.421. The summed E-state index contributed by atoms with van der Waals surface area (Å²) in [5.74, 6) is 0.538. The number of nitrogens with zero attached hydrogens (tertiary/aromatic N) is 3. The smallest absolute Gasteiger partial charge is 0.343 e.